The summed E-state index contributed by atoms with van der Waals surface area (Å²) in [6.45, 7) is 4.29. The average Bonchev–Trinajstić information content (AvgIpc) is 2.46. The van der Waals surface area contributed by atoms with Gasteiger partial charge in [0.15, 0.2) is 0 Å². The van der Waals surface area contributed by atoms with Crippen molar-refractivity contribution in [1.29, 1.82) is 0 Å². The van der Waals surface area contributed by atoms with E-state index in [1.807, 2.05) is 42.3 Å². The summed E-state index contributed by atoms with van der Waals surface area (Å²) in [6.07, 6.45) is 1.97. The second-order valence-electron chi connectivity index (χ2n) is 4.65. The van der Waals surface area contributed by atoms with Gasteiger partial charge in [-0.25, -0.2) is 0 Å². The first-order chi connectivity index (χ1) is 9.15. The smallest absolute Gasteiger partial charge is 0.235 e. The van der Waals surface area contributed by atoms with Crippen LogP contribution in [-0.2, 0) is 4.79 Å². The Morgan fingerprint density at radius 2 is 2.26 bits per heavy atom. The predicted molar refractivity (Wildman–Crippen MR) is 81.8 cm³/mol. The molecule has 0 aromatic heterocycles. The lowest BCUT2D eigenvalue weighted by atomic mass is 10.0. The van der Waals surface area contributed by atoms with E-state index in [0.717, 1.165) is 30.2 Å². The van der Waals surface area contributed by atoms with Crippen LogP contribution in [0.2, 0.25) is 5.02 Å². The molecule has 1 heterocycles. The number of amides is 1. The minimum absolute atomic E-state index is 0.0110. The normalized spacial score (nSPS) is 21.2. The summed E-state index contributed by atoms with van der Waals surface area (Å²) in [4.78, 5) is 14.4. The van der Waals surface area contributed by atoms with Crippen molar-refractivity contribution in [3.8, 4) is 0 Å². The number of halogens is 1. The summed E-state index contributed by atoms with van der Waals surface area (Å²) in [5, 5.41) is 4.06. The Morgan fingerprint density at radius 1 is 1.53 bits per heavy atom. The zero-order valence-electron chi connectivity index (χ0n) is 11.2. The van der Waals surface area contributed by atoms with E-state index in [1.54, 1.807) is 11.8 Å². The van der Waals surface area contributed by atoms with E-state index in [0.29, 0.717) is 0 Å². The van der Waals surface area contributed by atoms with Gasteiger partial charge in [0.05, 0.1) is 11.3 Å². The summed E-state index contributed by atoms with van der Waals surface area (Å²) in [5.41, 5.74) is 1.03. The Bertz CT molecular complexity index is 455. The fourth-order valence-corrected chi connectivity index (χ4v) is 2.92. The Balaban J connectivity index is 2.26. The molecule has 0 saturated carbocycles. The summed E-state index contributed by atoms with van der Waals surface area (Å²) in [7, 11) is 0. The predicted octanol–water partition coefficient (Wildman–Crippen LogP) is 2.56. The highest BCUT2D eigenvalue weighted by Crippen LogP contribution is 2.29. The van der Waals surface area contributed by atoms with Gasteiger partial charge in [0, 0.05) is 24.7 Å². The number of hydrogen-bond donors (Lipinski definition) is 1. The second kappa shape index (κ2) is 6.64. The summed E-state index contributed by atoms with van der Waals surface area (Å²) < 4.78 is 0. The second-order valence-corrected chi connectivity index (χ2v) is 6.24. The van der Waals surface area contributed by atoms with Crippen LogP contribution in [0, 0.1) is 0 Å². The third-order valence-corrected chi connectivity index (χ3v) is 4.74. The van der Waals surface area contributed by atoms with E-state index in [9.17, 15) is 4.79 Å². The number of rotatable bonds is 3. The lowest BCUT2D eigenvalue weighted by Gasteiger charge is -2.38. The maximum atomic E-state index is 12.5. The third kappa shape index (κ3) is 3.25. The van der Waals surface area contributed by atoms with Crippen LogP contribution in [0.25, 0.3) is 0 Å². The summed E-state index contributed by atoms with van der Waals surface area (Å²) >= 11 is 7.85. The van der Waals surface area contributed by atoms with Crippen molar-refractivity contribution in [3.05, 3.63) is 34.9 Å². The molecule has 1 aromatic carbocycles. The fraction of sp³-hybridized carbons (Fsp3) is 0.500. The van der Waals surface area contributed by atoms with Gasteiger partial charge in [0.25, 0.3) is 0 Å². The van der Waals surface area contributed by atoms with Gasteiger partial charge in [-0.3, -0.25) is 4.79 Å². The van der Waals surface area contributed by atoms with Gasteiger partial charge in [-0.05, 0) is 24.8 Å². The molecule has 104 valence electrons. The largest absolute Gasteiger partial charge is 0.332 e. The summed E-state index contributed by atoms with van der Waals surface area (Å²) in [5.74, 6) is 0.193. The van der Waals surface area contributed by atoms with Crippen LogP contribution in [0.4, 0.5) is 0 Å². The van der Waals surface area contributed by atoms with E-state index in [-0.39, 0.29) is 17.2 Å². The Kier molecular flexibility index (Phi) is 5.13. The molecule has 5 heteroatoms. The topological polar surface area (TPSA) is 32.3 Å². The zero-order valence-corrected chi connectivity index (χ0v) is 12.8. The van der Waals surface area contributed by atoms with Crippen molar-refractivity contribution in [3.63, 3.8) is 0 Å². The number of nitrogens with zero attached hydrogens (tertiary/aromatic N) is 1. The maximum absolute atomic E-state index is 12.5. The SMILES string of the molecule is CSC(C)C(=O)N1CCNCC1c1ccccc1Cl. The van der Waals surface area contributed by atoms with Crippen molar-refractivity contribution in [1.82, 2.24) is 10.2 Å². The molecule has 3 nitrogen and oxygen atoms in total. The molecule has 1 fully saturated rings. The number of carbonyl (C=O) groups excluding carboxylic acids is 1. The lowest BCUT2D eigenvalue weighted by molar-refractivity contribution is -0.133. The van der Waals surface area contributed by atoms with Crippen molar-refractivity contribution < 1.29 is 4.79 Å². The molecule has 1 N–H and O–H groups in total. The Labute approximate surface area is 123 Å². The molecular formula is C14H19ClN2OS. The molecule has 1 amide bonds. The average molecular weight is 299 g/mol. The van der Waals surface area contributed by atoms with Crippen LogP contribution in [-0.4, -0.2) is 41.9 Å². The molecular weight excluding hydrogens is 280 g/mol. The van der Waals surface area contributed by atoms with E-state index < -0.39 is 0 Å². The molecule has 1 aromatic rings. The number of benzene rings is 1. The first-order valence-corrected chi connectivity index (χ1v) is 8.10. The van der Waals surface area contributed by atoms with Gasteiger partial charge >= 0.3 is 0 Å². The number of carbonyl (C=O) groups is 1. The molecule has 1 saturated heterocycles. The van der Waals surface area contributed by atoms with Gasteiger partial charge in [0.1, 0.15) is 0 Å². The Morgan fingerprint density at radius 3 is 2.95 bits per heavy atom. The molecule has 2 atom stereocenters. The van der Waals surface area contributed by atoms with Crippen LogP contribution in [0.15, 0.2) is 24.3 Å². The van der Waals surface area contributed by atoms with Crippen LogP contribution >= 0.6 is 23.4 Å². The van der Waals surface area contributed by atoms with Gasteiger partial charge in [0.2, 0.25) is 5.91 Å². The molecule has 0 spiro atoms. The quantitative estimate of drug-likeness (QED) is 0.931. The molecule has 2 rings (SSSR count). The van der Waals surface area contributed by atoms with Crippen LogP contribution < -0.4 is 5.32 Å². The van der Waals surface area contributed by atoms with Crippen molar-refractivity contribution in [2.45, 2.75) is 18.2 Å². The van der Waals surface area contributed by atoms with Gasteiger partial charge < -0.3 is 10.2 Å². The van der Waals surface area contributed by atoms with Crippen LogP contribution in [0.5, 0.6) is 0 Å². The van der Waals surface area contributed by atoms with Crippen molar-refractivity contribution in [2.75, 3.05) is 25.9 Å². The standard InChI is InChI=1S/C14H19ClN2OS/c1-10(19-2)14(18)17-8-7-16-9-13(17)11-5-3-4-6-12(11)15/h3-6,10,13,16H,7-9H2,1-2H3. The van der Waals surface area contributed by atoms with Crippen LogP contribution in [0.3, 0.4) is 0 Å². The minimum atomic E-state index is -0.0110. The molecule has 1 aliphatic heterocycles. The highest BCUT2D eigenvalue weighted by molar-refractivity contribution is 7.99. The molecule has 19 heavy (non-hydrogen) atoms. The van der Waals surface area contributed by atoms with E-state index in [1.165, 1.54) is 0 Å². The van der Waals surface area contributed by atoms with Gasteiger partial charge in [-0.2, -0.15) is 11.8 Å². The fourth-order valence-electron chi connectivity index (χ4n) is 2.33. The number of hydrogen-bond acceptors (Lipinski definition) is 3. The van der Waals surface area contributed by atoms with Crippen molar-refractivity contribution in [2.24, 2.45) is 0 Å². The van der Waals surface area contributed by atoms with E-state index in [4.69, 9.17) is 11.6 Å². The third-order valence-electron chi connectivity index (χ3n) is 3.49. The number of thioether (sulfide) groups is 1. The number of piperazine rings is 1. The lowest BCUT2D eigenvalue weighted by Crippen LogP contribution is -2.50. The van der Waals surface area contributed by atoms with E-state index >= 15 is 0 Å². The highest BCUT2D eigenvalue weighted by Gasteiger charge is 2.31. The minimum Gasteiger partial charge on any atom is -0.332 e. The van der Waals surface area contributed by atoms with Gasteiger partial charge in [-0.1, -0.05) is 29.8 Å². The molecule has 0 bridgehead atoms. The molecule has 1 aliphatic rings. The Hall–Kier alpha value is -0.710. The zero-order chi connectivity index (χ0) is 13.8. The molecule has 0 aliphatic carbocycles. The molecule has 0 radical (unpaired) electrons. The summed E-state index contributed by atoms with van der Waals surface area (Å²) in [6, 6.07) is 7.80. The molecule has 2 unspecified atom stereocenters. The maximum Gasteiger partial charge on any atom is 0.235 e. The first-order valence-electron chi connectivity index (χ1n) is 6.43. The van der Waals surface area contributed by atoms with Gasteiger partial charge in [-0.15, -0.1) is 0 Å². The van der Waals surface area contributed by atoms with Crippen LogP contribution in [0.1, 0.15) is 18.5 Å². The van der Waals surface area contributed by atoms with E-state index in [2.05, 4.69) is 5.32 Å². The monoisotopic (exact) mass is 298 g/mol. The number of nitrogens with one attached hydrogen (secondary N) is 1. The highest BCUT2D eigenvalue weighted by atomic mass is 35.5. The van der Waals surface area contributed by atoms with Crippen molar-refractivity contribution >= 4 is 29.3 Å². The first kappa shape index (κ1) is 14.7.